The highest BCUT2D eigenvalue weighted by Crippen LogP contribution is 2.28. The fraction of sp³-hybridized carbons (Fsp3) is 0.172. The zero-order valence-corrected chi connectivity index (χ0v) is 21.4. The lowest BCUT2D eigenvalue weighted by molar-refractivity contribution is -0.138. The highest BCUT2D eigenvalue weighted by molar-refractivity contribution is 6.21. The molecule has 1 heterocycles. The van der Waals surface area contributed by atoms with Crippen LogP contribution in [0.4, 0.5) is 5.69 Å². The van der Waals surface area contributed by atoms with E-state index in [9.17, 15) is 24.0 Å². The maximum atomic E-state index is 13.9. The number of hydrogen-bond acceptors (Lipinski definition) is 7. The number of rotatable bonds is 10. The van der Waals surface area contributed by atoms with Crippen molar-refractivity contribution in [3.05, 3.63) is 95.6 Å². The number of carbonyl (C=O) groups is 5. The normalized spacial score (nSPS) is 15.1. The van der Waals surface area contributed by atoms with Crippen LogP contribution in [0.1, 0.15) is 27.9 Å². The molecule has 3 amide bonds. The molecular weight excluding hydrogens is 516 g/mol. The van der Waals surface area contributed by atoms with E-state index in [1.165, 1.54) is 7.11 Å². The number of benzene rings is 3. The lowest BCUT2D eigenvalue weighted by Crippen LogP contribution is -2.51. The number of nitrogens with zero attached hydrogens (tertiary/aromatic N) is 2. The zero-order valence-electron chi connectivity index (χ0n) is 21.4. The van der Waals surface area contributed by atoms with Gasteiger partial charge < -0.3 is 25.3 Å². The second kappa shape index (κ2) is 12.5. The van der Waals surface area contributed by atoms with Crippen LogP contribution in [-0.2, 0) is 19.2 Å². The average Bonchev–Trinajstić information content (AvgIpc) is 3.07. The molecule has 4 rings (SSSR count). The number of fused-ring (bicyclic) bond motifs is 1. The Kier molecular flexibility index (Phi) is 8.65. The third kappa shape index (κ3) is 6.38. The first-order valence-corrected chi connectivity index (χ1v) is 12.3. The summed E-state index contributed by atoms with van der Waals surface area (Å²) < 4.78 is 5.13. The van der Waals surface area contributed by atoms with Gasteiger partial charge in [-0.3, -0.25) is 24.1 Å². The zero-order chi connectivity index (χ0) is 28.6. The molecule has 204 valence electrons. The second-order valence-corrected chi connectivity index (χ2v) is 8.80. The molecule has 11 heteroatoms. The SMILES string of the molecule is COc1ccc(C(=O)NC2N=C(c3ccccc3)c3ccccc3N(CC(=O)N[C@H](C=O)CC(=O)O)C2=O)cc1. The number of hydrogen-bond donors (Lipinski definition) is 3. The quantitative estimate of drug-likeness (QED) is 0.330. The van der Waals surface area contributed by atoms with Crippen LogP contribution in [0, 0.1) is 0 Å². The van der Waals surface area contributed by atoms with Crippen molar-refractivity contribution in [1.29, 1.82) is 0 Å². The number of methoxy groups -OCH3 is 1. The average molecular weight is 543 g/mol. The van der Waals surface area contributed by atoms with Crippen molar-refractivity contribution in [2.75, 3.05) is 18.6 Å². The number of aliphatic imine (C=N–C) groups is 1. The lowest BCUT2D eigenvalue weighted by Gasteiger charge is -2.25. The minimum absolute atomic E-state index is 0.263. The third-order valence-electron chi connectivity index (χ3n) is 6.08. The smallest absolute Gasteiger partial charge is 0.305 e. The van der Waals surface area contributed by atoms with Gasteiger partial charge in [0, 0.05) is 16.7 Å². The van der Waals surface area contributed by atoms with Gasteiger partial charge in [0.2, 0.25) is 12.1 Å². The molecule has 40 heavy (non-hydrogen) atoms. The molecule has 1 aliphatic heterocycles. The van der Waals surface area contributed by atoms with Gasteiger partial charge in [0.25, 0.3) is 11.8 Å². The summed E-state index contributed by atoms with van der Waals surface area (Å²) in [4.78, 5) is 68.0. The summed E-state index contributed by atoms with van der Waals surface area (Å²) in [6, 6.07) is 20.9. The van der Waals surface area contributed by atoms with Gasteiger partial charge in [-0.15, -0.1) is 0 Å². The minimum atomic E-state index is -1.41. The van der Waals surface area contributed by atoms with E-state index in [0.717, 1.165) is 4.90 Å². The van der Waals surface area contributed by atoms with Crippen LogP contribution in [0.5, 0.6) is 5.75 Å². The van der Waals surface area contributed by atoms with Crippen molar-refractivity contribution < 1.29 is 33.8 Å². The van der Waals surface area contributed by atoms with Gasteiger partial charge in [0.05, 0.1) is 31.0 Å². The number of aliphatic carboxylic acids is 1. The Balaban J connectivity index is 1.72. The fourth-order valence-electron chi connectivity index (χ4n) is 4.18. The molecule has 0 fully saturated rings. The van der Waals surface area contributed by atoms with Crippen LogP contribution in [0.2, 0.25) is 0 Å². The van der Waals surface area contributed by atoms with Crippen LogP contribution < -0.4 is 20.3 Å². The van der Waals surface area contributed by atoms with Gasteiger partial charge >= 0.3 is 5.97 Å². The third-order valence-corrected chi connectivity index (χ3v) is 6.08. The summed E-state index contributed by atoms with van der Waals surface area (Å²) in [7, 11) is 1.50. The summed E-state index contributed by atoms with van der Waals surface area (Å²) in [5.74, 6) is -2.75. The molecule has 1 unspecified atom stereocenters. The Morgan fingerprint density at radius 2 is 1.70 bits per heavy atom. The van der Waals surface area contributed by atoms with E-state index in [-0.39, 0.29) is 5.56 Å². The molecule has 3 aromatic carbocycles. The Labute approximate surface area is 229 Å². The van der Waals surface area contributed by atoms with E-state index >= 15 is 0 Å². The Bertz CT molecular complexity index is 1450. The highest BCUT2D eigenvalue weighted by atomic mass is 16.5. The highest BCUT2D eigenvalue weighted by Gasteiger charge is 2.34. The molecule has 0 bridgehead atoms. The number of carbonyl (C=O) groups excluding carboxylic acids is 4. The fourth-order valence-corrected chi connectivity index (χ4v) is 4.18. The monoisotopic (exact) mass is 542 g/mol. The summed E-state index contributed by atoms with van der Waals surface area (Å²) in [6.07, 6.45) is -1.70. The molecule has 1 aliphatic rings. The maximum Gasteiger partial charge on any atom is 0.305 e. The minimum Gasteiger partial charge on any atom is -0.497 e. The largest absolute Gasteiger partial charge is 0.497 e. The second-order valence-electron chi connectivity index (χ2n) is 8.80. The number of ether oxygens (including phenoxy) is 1. The van der Waals surface area contributed by atoms with Gasteiger partial charge in [-0.05, 0) is 30.3 Å². The van der Waals surface area contributed by atoms with E-state index in [2.05, 4.69) is 15.6 Å². The Hall–Kier alpha value is -5.32. The van der Waals surface area contributed by atoms with Crippen molar-refractivity contribution in [1.82, 2.24) is 10.6 Å². The van der Waals surface area contributed by atoms with Crippen LogP contribution in [0.25, 0.3) is 0 Å². The number of aldehydes is 1. The van der Waals surface area contributed by atoms with E-state index in [1.54, 1.807) is 48.5 Å². The molecule has 0 saturated carbocycles. The predicted octanol–water partition coefficient (Wildman–Crippen LogP) is 1.79. The molecule has 0 aliphatic carbocycles. The Morgan fingerprint density at radius 1 is 1.02 bits per heavy atom. The van der Waals surface area contributed by atoms with Gasteiger partial charge in [0.1, 0.15) is 18.6 Å². The van der Waals surface area contributed by atoms with Crippen molar-refractivity contribution >= 4 is 41.4 Å². The first-order valence-electron chi connectivity index (χ1n) is 12.3. The summed E-state index contributed by atoms with van der Waals surface area (Å²) in [5, 5.41) is 14.0. The van der Waals surface area contributed by atoms with Gasteiger partial charge in [-0.1, -0.05) is 48.5 Å². The van der Waals surface area contributed by atoms with Gasteiger partial charge in [-0.25, -0.2) is 4.99 Å². The molecule has 3 N–H and O–H groups in total. The molecule has 0 aromatic heterocycles. The van der Waals surface area contributed by atoms with E-state index < -0.39 is 48.9 Å². The number of para-hydroxylation sites is 1. The molecular formula is C29H26N4O7. The first-order chi connectivity index (χ1) is 19.3. The molecule has 2 atom stereocenters. The van der Waals surface area contributed by atoms with Gasteiger partial charge in [0.15, 0.2) is 0 Å². The van der Waals surface area contributed by atoms with Crippen LogP contribution in [0.15, 0.2) is 83.9 Å². The number of amides is 3. The van der Waals surface area contributed by atoms with Gasteiger partial charge in [-0.2, -0.15) is 0 Å². The number of anilines is 1. The standard InChI is InChI=1S/C29H26N4O7/c1-40-21-13-11-19(12-14-21)28(38)32-27-29(39)33(16-24(35)30-20(17-34)15-25(36)37)23-10-6-5-9-22(23)26(31-27)18-7-3-2-4-8-18/h2-14,17,20,27H,15-16H2,1H3,(H,30,35)(H,32,38)(H,36,37)/t20-,27?/m0/s1. The van der Waals surface area contributed by atoms with Crippen LogP contribution in [-0.4, -0.2) is 66.7 Å². The maximum absolute atomic E-state index is 13.9. The van der Waals surface area contributed by atoms with E-state index in [4.69, 9.17) is 9.84 Å². The molecule has 11 nitrogen and oxygen atoms in total. The number of carboxylic acids is 1. The number of carboxylic acid groups (broad SMARTS) is 1. The van der Waals surface area contributed by atoms with Crippen molar-refractivity contribution in [2.24, 2.45) is 4.99 Å². The molecule has 3 aromatic rings. The van der Waals surface area contributed by atoms with Crippen molar-refractivity contribution in [2.45, 2.75) is 18.6 Å². The Morgan fingerprint density at radius 3 is 2.35 bits per heavy atom. The summed E-state index contributed by atoms with van der Waals surface area (Å²) in [5.41, 5.74) is 2.25. The molecule has 0 spiro atoms. The van der Waals surface area contributed by atoms with E-state index in [0.29, 0.717) is 34.6 Å². The topological polar surface area (TPSA) is 154 Å². The first kappa shape index (κ1) is 27.7. The summed E-state index contributed by atoms with van der Waals surface area (Å²) >= 11 is 0. The lowest BCUT2D eigenvalue weighted by atomic mass is 10.0. The molecule has 0 saturated heterocycles. The predicted molar refractivity (Wildman–Crippen MR) is 145 cm³/mol. The number of nitrogens with one attached hydrogen (secondary N) is 2. The molecule has 0 radical (unpaired) electrons. The van der Waals surface area contributed by atoms with Crippen molar-refractivity contribution in [3.63, 3.8) is 0 Å². The van der Waals surface area contributed by atoms with Crippen molar-refractivity contribution in [3.8, 4) is 5.75 Å². The van der Waals surface area contributed by atoms with Crippen LogP contribution >= 0.6 is 0 Å². The van der Waals surface area contributed by atoms with Crippen LogP contribution in [0.3, 0.4) is 0 Å². The number of benzodiazepines with no additional fused rings is 1. The summed E-state index contributed by atoms with van der Waals surface area (Å²) in [6.45, 7) is -0.549. The van der Waals surface area contributed by atoms with E-state index in [1.807, 2.05) is 30.3 Å².